The monoisotopic (exact) mass is 207 g/mol. The van der Waals surface area contributed by atoms with E-state index >= 15 is 0 Å². The van der Waals surface area contributed by atoms with Crippen LogP contribution in [0, 0.1) is 28.6 Å². The second-order valence-corrected chi connectivity index (χ2v) is 5.31. The summed E-state index contributed by atoms with van der Waals surface area (Å²) >= 11 is 0. The van der Waals surface area contributed by atoms with Gasteiger partial charge in [-0.3, -0.25) is 4.79 Å². The summed E-state index contributed by atoms with van der Waals surface area (Å²) in [6, 6.07) is 2.17. The number of hydrogen-bond donors (Lipinski definition) is 0. The SMILES string of the molecule is CCCC(C#N)C(=O)C1CCCC1(C)C. The van der Waals surface area contributed by atoms with Crippen molar-refractivity contribution in [2.75, 3.05) is 0 Å². The molecule has 2 unspecified atom stereocenters. The van der Waals surface area contributed by atoms with Gasteiger partial charge in [-0.2, -0.15) is 5.26 Å². The van der Waals surface area contributed by atoms with Gasteiger partial charge in [0.25, 0.3) is 0 Å². The number of Topliss-reactive ketones (excluding diaryl/α,β-unsaturated/α-hetero) is 1. The van der Waals surface area contributed by atoms with Crippen LogP contribution in [0.25, 0.3) is 0 Å². The zero-order valence-electron chi connectivity index (χ0n) is 10.0. The molecule has 1 aliphatic rings. The predicted octanol–water partition coefficient (Wildman–Crippen LogP) is 3.32. The summed E-state index contributed by atoms with van der Waals surface area (Å²) in [6.45, 7) is 6.34. The summed E-state index contributed by atoms with van der Waals surface area (Å²) in [5.74, 6) is -0.0482. The van der Waals surface area contributed by atoms with E-state index in [4.69, 9.17) is 5.26 Å². The van der Waals surface area contributed by atoms with Crippen LogP contribution >= 0.6 is 0 Å². The Morgan fingerprint density at radius 1 is 1.60 bits per heavy atom. The van der Waals surface area contributed by atoms with Crippen molar-refractivity contribution in [1.29, 1.82) is 5.26 Å². The van der Waals surface area contributed by atoms with E-state index in [2.05, 4.69) is 19.9 Å². The molecule has 2 nitrogen and oxygen atoms in total. The minimum atomic E-state index is -0.364. The number of carbonyl (C=O) groups excluding carboxylic acids is 1. The lowest BCUT2D eigenvalue weighted by atomic mass is 9.75. The van der Waals surface area contributed by atoms with Crippen LogP contribution < -0.4 is 0 Å². The Hall–Kier alpha value is -0.840. The lowest BCUT2D eigenvalue weighted by molar-refractivity contribution is -0.127. The van der Waals surface area contributed by atoms with E-state index in [1.165, 1.54) is 0 Å². The number of rotatable bonds is 4. The van der Waals surface area contributed by atoms with Crippen molar-refractivity contribution >= 4 is 5.78 Å². The second-order valence-electron chi connectivity index (χ2n) is 5.31. The highest BCUT2D eigenvalue weighted by Gasteiger charge is 2.41. The van der Waals surface area contributed by atoms with Crippen LogP contribution in [-0.2, 0) is 4.79 Å². The van der Waals surface area contributed by atoms with Gasteiger partial charge in [-0.05, 0) is 24.7 Å². The minimum Gasteiger partial charge on any atom is -0.298 e. The topological polar surface area (TPSA) is 40.9 Å². The molecule has 0 radical (unpaired) electrons. The third-order valence-corrected chi connectivity index (χ3v) is 3.68. The van der Waals surface area contributed by atoms with Gasteiger partial charge in [0.05, 0.1) is 6.07 Å². The molecule has 1 saturated carbocycles. The second kappa shape index (κ2) is 4.79. The van der Waals surface area contributed by atoms with Crippen molar-refractivity contribution in [2.45, 2.75) is 52.9 Å². The summed E-state index contributed by atoms with van der Waals surface area (Å²) < 4.78 is 0. The van der Waals surface area contributed by atoms with E-state index in [0.717, 1.165) is 32.1 Å². The number of hydrogen-bond acceptors (Lipinski definition) is 2. The average molecular weight is 207 g/mol. The molecule has 0 aromatic carbocycles. The molecule has 0 spiro atoms. The highest BCUT2D eigenvalue weighted by atomic mass is 16.1. The Labute approximate surface area is 92.7 Å². The van der Waals surface area contributed by atoms with E-state index in [-0.39, 0.29) is 23.0 Å². The first-order valence-corrected chi connectivity index (χ1v) is 5.96. The van der Waals surface area contributed by atoms with E-state index in [0.29, 0.717) is 0 Å². The number of nitrogens with zero attached hydrogens (tertiary/aromatic N) is 1. The predicted molar refractivity (Wildman–Crippen MR) is 60.1 cm³/mol. The number of ketones is 1. The smallest absolute Gasteiger partial charge is 0.153 e. The highest BCUT2D eigenvalue weighted by molar-refractivity contribution is 5.86. The Morgan fingerprint density at radius 3 is 2.67 bits per heavy atom. The summed E-state index contributed by atoms with van der Waals surface area (Å²) in [4.78, 5) is 12.2. The molecule has 1 fully saturated rings. The molecule has 0 aliphatic heterocycles. The van der Waals surface area contributed by atoms with E-state index in [1.807, 2.05) is 6.92 Å². The van der Waals surface area contributed by atoms with Crippen molar-refractivity contribution in [2.24, 2.45) is 17.3 Å². The molecule has 84 valence electrons. The van der Waals surface area contributed by atoms with Gasteiger partial charge in [0.2, 0.25) is 0 Å². The fourth-order valence-electron chi connectivity index (χ4n) is 2.66. The van der Waals surface area contributed by atoms with Crippen LogP contribution in [0.5, 0.6) is 0 Å². The Morgan fingerprint density at radius 2 is 2.27 bits per heavy atom. The van der Waals surface area contributed by atoms with Crippen molar-refractivity contribution in [3.8, 4) is 6.07 Å². The van der Waals surface area contributed by atoms with Crippen molar-refractivity contribution in [3.05, 3.63) is 0 Å². The van der Waals surface area contributed by atoms with Crippen molar-refractivity contribution in [3.63, 3.8) is 0 Å². The summed E-state index contributed by atoms with van der Waals surface area (Å²) in [6.07, 6.45) is 4.87. The van der Waals surface area contributed by atoms with Crippen LogP contribution in [0.4, 0.5) is 0 Å². The molecule has 0 heterocycles. The molecule has 0 aromatic heterocycles. The Kier molecular flexibility index (Phi) is 3.90. The molecule has 2 heteroatoms. The highest BCUT2D eigenvalue weighted by Crippen LogP contribution is 2.44. The maximum absolute atomic E-state index is 12.2. The summed E-state index contributed by atoms with van der Waals surface area (Å²) in [7, 11) is 0. The van der Waals surface area contributed by atoms with E-state index in [9.17, 15) is 4.79 Å². The Balaban J connectivity index is 2.71. The molecular formula is C13H21NO. The fraction of sp³-hybridized carbons (Fsp3) is 0.846. The summed E-state index contributed by atoms with van der Waals surface area (Å²) in [5.41, 5.74) is 0.111. The first kappa shape index (κ1) is 12.2. The molecule has 0 amide bonds. The van der Waals surface area contributed by atoms with Gasteiger partial charge in [0.1, 0.15) is 5.92 Å². The summed E-state index contributed by atoms with van der Waals surface area (Å²) in [5, 5.41) is 8.99. The van der Waals surface area contributed by atoms with Gasteiger partial charge < -0.3 is 0 Å². The molecular weight excluding hydrogens is 186 g/mol. The molecule has 0 bridgehead atoms. The third kappa shape index (κ3) is 2.59. The molecule has 1 aliphatic carbocycles. The largest absolute Gasteiger partial charge is 0.298 e. The number of nitriles is 1. The molecule has 15 heavy (non-hydrogen) atoms. The maximum atomic E-state index is 12.2. The molecule has 0 N–H and O–H groups in total. The third-order valence-electron chi connectivity index (χ3n) is 3.68. The minimum absolute atomic E-state index is 0.111. The first-order chi connectivity index (χ1) is 7.03. The van der Waals surface area contributed by atoms with Crippen LogP contribution in [0.1, 0.15) is 52.9 Å². The van der Waals surface area contributed by atoms with Gasteiger partial charge in [-0.15, -0.1) is 0 Å². The lowest BCUT2D eigenvalue weighted by Gasteiger charge is -2.27. The van der Waals surface area contributed by atoms with Crippen LogP contribution in [0.15, 0.2) is 0 Å². The Bertz CT molecular complexity index is 275. The standard InChI is InChI=1S/C13H21NO/c1-4-6-10(9-14)12(15)11-7-5-8-13(11,2)3/h10-11H,4-8H2,1-3H3. The molecule has 2 atom stereocenters. The molecule has 1 rings (SSSR count). The van der Waals surface area contributed by atoms with Gasteiger partial charge in [-0.25, -0.2) is 0 Å². The number of carbonyl (C=O) groups is 1. The van der Waals surface area contributed by atoms with E-state index < -0.39 is 0 Å². The van der Waals surface area contributed by atoms with Crippen LogP contribution in [0.2, 0.25) is 0 Å². The zero-order valence-corrected chi connectivity index (χ0v) is 10.0. The van der Waals surface area contributed by atoms with Gasteiger partial charge in [0, 0.05) is 5.92 Å². The van der Waals surface area contributed by atoms with Crippen LogP contribution in [-0.4, -0.2) is 5.78 Å². The normalized spacial score (nSPS) is 25.9. The van der Waals surface area contributed by atoms with Crippen LogP contribution in [0.3, 0.4) is 0 Å². The van der Waals surface area contributed by atoms with Gasteiger partial charge in [-0.1, -0.05) is 33.6 Å². The van der Waals surface area contributed by atoms with Crippen molar-refractivity contribution in [1.82, 2.24) is 0 Å². The average Bonchev–Trinajstić information content (AvgIpc) is 2.53. The molecule has 0 aromatic rings. The molecule has 0 saturated heterocycles. The first-order valence-electron chi connectivity index (χ1n) is 5.96. The fourth-order valence-corrected chi connectivity index (χ4v) is 2.66. The van der Waals surface area contributed by atoms with Gasteiger partial charge >= 0.3 is 0 Å². The quantitative estimate of drug-likeness (QED) is 0.709. The van der Waals surface area contributed by atoms with Crippen molar-refractivity contribution < 1.29 is 4.79 Å². The maximum Gasteiger partial charge on any atom is 0.153 e. The lowest BCUT2D eigenvalue weighted by Crippen LogP contribution is -2.30. The zero-order chi connectivity index (χ0) is 11.5. The van der Waals surface area contributed by atoms with E-state index in [1.54, 1.807) is 0 Å². The van der Waals surface area contributed by atoms with Gasteiger partial charge in [0.15, 0.2) is 5.78 Å².